The van der Waals surface area contributed by atoms with Gasteiger partial charge in [0.05, 0.1) is 10.5 Å². The molecule has 1 aliphatic heterocycles. The molecule has 26 heavy (non-hydrogen) atoms. The van der Waals surface area contributed by atoms with Gasteiger partial charge in [-0.3, -0.25) is 14.6 Å². The Morgan fingerprint density at radius 3 is 2.58 bits per heavy atom. The maximum Gasteiger partial charge on any atom is 0.314 e. The first kappa shape index (κ1) is 18.0. The maximum absolute atomic E-state index is 12.9. The second-order valence-corrected chi connectivity index (χ2v) is 7.74. The lowest BCUT2D eigenvalue weighted by atomic mass is 9.97. The van der Waals surface area contributed by atoms with Crippen LogP contribution in [0, 0.1) is 5.92 Å². The molecule has 0 radical (unpaired) electrons. The molecule has 1 aliphatic rings. The topological polar surface area (TPSA) is 108 Å². The van der Waals surface area contributed by atoms with Crippen molar-refractivity contribution in [3.63, 3.8) is 0 Å². The van der Waals surface area contributed by atoms with Crippen molar-refractivity contribution in [3.8, 4) is 0 Å². The minimum absolute atomic E-state index is 0.0231. The zero-order valence-electron chi connectivity index (χ0n) is 13.9. The quantitative estimate of drug-likeness (QED) is 0.805. The molecule has 1 aromatic carbocycles. The lowest BCUT2D eigenvalue weighted by Crippen LogP contribution is -2.45. The number of nitrogens with zero attached hydrogens (tertiary/aromatic N) is 3. The molecule has 2 aromatic rings. The predicted molar refractivity (Wildman–Crippen MR) is 93.0 cm³/mol. The number of sulfonamides is 1. The van der Waals surface area contributed by atoms with E-state index in [1.807, 2.05) is 0 Å². The average Bonchev–Trinajstić information content (AvgIpc) is 2.79. The number of hydrogen-bond donors (Lipinski definition) is 1. The molecule has 3 rings (SSSR count). The number of carbonyl (C=O) groups excluding carboxylic acids is 1. The number of pyridine rings is 1. The van der Waals surface area contributed by atoms with Crippen molar-refractivity contribution in [2.24, 2.45) is 5.92 Å². The Bertz CT molecular complexity index is 946. The Balaban J connectivity index is 2.06. The van der Waals surface area contributed by atoms with Crippen LogP contribution in [-0.2, 0) is 14.8 Å². The van der Waals surface area contributed by atoms with E-state index in [2.05, 4.69) is 4.98 Å². The number of aliphatic carboxylic acids is 1. The molecule has 8 nitrogen and oxygen atoms in total. The van der Waals surface area contributed by atoms with Gasteiger partial charge in [-0.2, -0.15) is 0 Å². The lowest BCUT2D eigenvalue weighted by molar-refractivity contribution is -0.140. The largest absolute Gasteiger partial charge is 0.481 e. The summed E-state index contributed by atoms with van der Waals surface area (Å²) in [4.78, 5) is 28.2. The van der Waals surface area contributed by atoms with E-state index in [0.29, 0.717) is 0 Å². The van der Waals surface area contributed by atoms with Crippen molar-refractivity contribution in [2.45, 2.75) is 11.3 Å². The van der Waals surface area contributed by atoms with E-state index in [-0.39, 0.29) is 29.2 Å². The van der Waals surface area contributed by atoms with Crippen molar-refractivity contribution < 1.29 is 23.1 Å². The van der Waals surface area contributed by atoms with Gasteiger partial charge in [0.1, 0.15) is 5.92 Å². The number of hydrazine groups is 1. The first-order valence-corrected chi connectivity index (χ1v) is 9.31. The van der Waals surface area contributed by atoms with Crippen LogP contribution in [0.1, 0.15) is 16.8 Å². The molecule has 1 unspecified atom stereocenters. The van der Waals surface area contributed by atoms with Gasteiger partial charge in [-0.15, -0.1) is 4.41 Å². The van der Waals surface area contributed by atoms with Crippen molar-refractivity contribution in [2.75, 3.05) is 18.6 Å². The van der Waals surface area contributed by atoms with Crippen LogP contribution in [0.5, 0.6) is 0 Å². The number of Topliss-reactive ketones (excluding diaryl/α,β-unsaturated/α-hetero) is 1. The molecule has 1 aromatic heterocycles. The fourth-order valence-corrected chi connectivity index (χ4v) is 4.08. The standard InChI is InChI=1S/C17H17N3O5S/c1-19(26(24,25)12-6-3-2-4-7-12)20-11-9-14(17(22)23)15(21)13-8-5-10-18-16(13)20/h2-8,10,14H,9,11H2,1H3,(H,22,23). The number of aromatic nitrogens is 1. The third-order valence-corrected chi connectivity index (χ3v) is 6.03. The van der Waals surface area contributed by atoms with E-state index in [4.69, 9.17) is 0 Å². The van der Waals surface area contributed by atoms with Gasteiger partial charge >= 0.3 is 5.97 Å². The first-order chi connectivity index (χ1) is 12.3. The van der Waals surface area contributed by atoms with Gasteiger partial charge in [-0.1, -0.05) is 18.2 Å². The number of fused-ring (bicyclic) bond motifs is 1. The SMILES string of the molecule is CN(N1CCC(C(=O)O)C(=O)c2cccnc21)S(=O)(=O)c1ccccc1. The van der Waals surface area contributed by atoms with Gasteiger partial charge in [0, 0.05) is 19.8 Å². The highest BCUT2D eigenvalue weighted by Gasteiger charge is 2.37. The molecule has 0 aliphatic carbocycles. The lowest BCUT2D eigenvalue weighted by Gasteiger charge is -2.31. The minimum Gasteiger partial charge on any atom is -0.481 e. The van der Waals surface area contributed by atoms with Crippen LogP contribution in [0.4, 0.5) is 5.82 Å². The third-order valence-electron chi connectivity index (χ3n) is 4.27. The molecule has 2 heterocycles. The Morgan fingerprint density at radius 2 is 1.92 bits per heavy atom. The number of rotatable bonds is 4. The Labute approximate surface area is 150 Å². The van der Waals surface area contributed by atoms with Gasteiger partial charge in [0.2, 0.25) is 0 Å². The van der Waals surface area contributed by atoms with Crippen molar-refractivity contribution in [3.05, 3.63) is 54.2 Å². The minimum atomic E-state index is -3.89. The molecule has 9 heteroatoms. The highest BCUT2D eigenvalue weighted by atomic mass is 32.2. The molecule has 0 fully saturated rings. The number of hydrogen-bond acceptors (Lipinski definition) is 6. The fourth-order valence-electron chi connectivity index (χ4n) is 2.86. The number of carbonyl (C=O) groups is 2. The Kier molecular flexibility index (Phi) is 4.75. The number of ketones is 1. The molecule has 0 bridgehead atoms. The van der Waals surface area contributed by atoms with Crippen LogP contribution < -0.4 is 5.01 Å². The summed E-state index contributed by atoms with van der Waals surface area (Å²) in [5, 5.41) is 10.7. The van der Waals surface area contributed by atoms with Gasteiger partial charge in [0.25, 0.3) is 10.0 Å². The van der Waals surface area contributed by atoms with Crippen LogP contribution in [0.15, 0.2) is 53.6 Å². The smallest absolute Gasteiger partial charge is 0.314 e. The Morgan fingerprint density at radius 1 is 1.23 bits per heavy atom. The second kappa shape index (κ2) is 6.85. The van der Waals surface area contributed by atoms with Gasteiger partial charge in [0.15, 0.2) is 11.6 Å². The maximum atomic E-state index is 12.9. The summed E-state index contributed by atoms with van der Waals surface area (Å²) in [5.41, 5.74) is 0.0903. The molecule has 0 saturated carbocycles. The van der Waals surface area contributed by atoms with E-state index in [1.54, 1.807) is 18.2 Å². The summed E-state index contributed by atoms with van der Waals surface area (Å²) in [6.07, 6.45) is 1.41. The normalized spacial score (nSPS) is 17.7. The van der Waals surface area contributed by atoms with Crippen molar-refractivity contribution >= 4 is 27.6 Å². The molecule has 0 saturated heterocycles. The van der Waals surface area contributed by atoms with Crippen molar-refractivity contribution in [1.29, 1.82) is 0 Å². The van der Waals surface area contributed by atoms with Crippen LogP contribution in [-0.4, -0.2) is 48.3 Å². The van der Waals surface area contributed by atoms with E-state index >= 15 is 0 Å². The molecular weight excluding hydrogens is 358 g/mol. The number of benzene rings is 1. The fraction of sp³-hybridized carbons (Fsp3) is 0.235. The highest BCUT2D eigenvalue weighted by molar-refractivity contribution is 7.89. The second-order valence-electron chi connectivity index (χ2n) is 5.79. The molecule has 1 N–H and O–H groups in total. The highest BCUT2D eigenvalue weighted by Crippen LogP contribution is 2.30. The van der Waals surface area contributed by atoms with Gasteiger partial charge in [-0.25, -0.2) is 13.4 Å². The van der Waals surface area contributed by atoms with E-state index in [0.717, 1.165) is 4.41 Å². The summed E-state index contributed by atoms with van der Waals surface area (Å²) < 4.78 is 26.8. The summed E-state index contributed by atoms with van der Waals surface area (Å²) >= 11 is 0. The molecule has 0 amide bonds. The number of carboxylic acids is 1. The van der Waals surface area contributed by atoms with Crippen LogP contribution in [0.2, 0.25) is 0 Å². The molecule has 0 spiro atoms. The number of anilines is 1. The van der Waals surface area contributed by atoms with Gasteiger partial charge in [-0.05, 0) is 30.7 Å². The monoisotopic (exact) mass is 375 g/mol. The summed E-state index contributed by atoms with van der Waals surface area (Å²) in [5.74, 6) is -2.92. The van der Waals surface area contributed by atoms with Crippen molar-refractivity contribution in [1.82, 2.24) is 9.40 Å². The molecular formula is C17H17N3O5S. The predicted octanol–water partition coefficient (Wildman–Crippen LogP) is 1.41. The first-order valence-electron chi connectivity index (χ1n) is 7.87. The van der Waals surface area contributed by atoms with Gasteiger partial charge < -0.3 is 5.11 Å². The zero-order valence-corrected chi connectivity index (χ0v) is 14.8. The summed E-state index contributed by atoms with van der Waals surface area (Å²) in [6, 6.07) is 10.8. The summed E-state index contributed by atoms with van der Waals surface area (Å²) in [6.45, 7) is 0.0231. The third kappa shape index (κ3) is 3.06. The summed E-state index contributed by atoms with van der Waals surface area (Å²) in [7, 11) is -2.54. The van der Waals surface area contributed by atoms with Crippen LogP contribution >= 0.6 is 0 Å². The zero-order chi connectivity index (χ0) is 18.9. The Hall–Kier alpha value is -2.78. The van der Waals surface area contributed by atoms with Crippen LogP contribution in [0.25, 0.3) is 0 Å². The van der Waals surface area contributed by atoms with Crippen LogP contribution in [0.3, 0.4) is 0 Å². The molecule has 1 atom stereocenters. The van der Waals surface area contributed by atoms with E-state index in [9.17, 15) is 23.1 Å². The average molecular weight is 375 g/mol. The number of carboxylic acid groups (broad SMARTS) is 1. The van der Waals surface area contributed by atoms with E-state index in [1.165, 1.54) is 42.5 Å². The molecule has 136 valence electrons. The van der Waals surface area contributed by atoms with E-state index < -0.39 is 27.7 Å².